The van der Waals surface area contributed by atoms with E-state index < -0.39 is 5.91 Å². The number of para-hydroxylation sites is 2. The number of hydrogen-bond acceptors (Lipinski definition) is 6. The summed E-state index contributed by atoms with van der Waals surface area (Å²) in [6, 6.07) is 12.5. The molecule has 2 amide bonds. The van der Waals surface area contributed by atoms with Crippen LogP contribution in [0.3, 0.4) is 0 Å². The number of hydrogen-bond donors (Lipinski definition) is 2. The molecule has 11 heteroatoms. The summed E-state index contributed by atoms with van der Waals surface area (Å²) in [5.41, 5.74) is 8.83. The largest absolute Gasteiger partial charge is 0.313 e. The van der Waals surface area contributed by atoms with Gasteiger partial charge >= 0.3 is 0 Å². The minimum absolute atomic E-state index is 0.0269. The number of hydrazine groups is 1. The molecule has 0 aliphatic heterocycles. The van der Waals surface area contributed by atoms with E-state index in [1.807, 2.05) is 29.6 Å². The molecule has 0 aliphatic rings. The molecule has 0 bridgehead atoms. The summed E-state index contributed by atoms with van der Waals surface area (Å²) in [4.78, 5) is 34.2. The van der Waals surface area contributed by atoms with Gasteiger partial charge in [0.15, 0.2) is 5.82 Å². The molecule has 4 aromatic rings. The lowest BCUT2D eigenvalue weighted by Gasteiger charge is -2.10. The van der Waals surface area contributed by atoms with E-state index in [1.165, 1.54) is 23.1 Å². The second kappa shape index (κ2) is 9.69. The van der Waals surface area contributed by atoms with Gasteiger partial charge < -0.3 is 4.57 Å². The van der Waals surface area contributed by atoms with Crippen molar-refractivity contribution in [1.82, 2.24) is 25.4 Å². The fraction of sp³-hybridized carbons (Fsp3) is 0.100. The predicted octanol–water partition coefficient (Wildman–Crippen LogP) is 4.41. The third-order valence-corrected chi connectivity index (χ3v) is 6.53. The Morgan fingerprint density at radius 3 is 2.71 bits per heavy atom. The van der Waals surface area contributed by atoms with Gasteiger partial charge in [-0.1, -0.05) is 35.3 Å². The first kappa shape index (κ1) is 21.6. The van der Waals surface area contributed by atoms with E-state index in [0.29, 0.717) is 26.5 Å². The molecule has 0 saturated carbocycles. The molecule has 2 aromatic carbocycles. The van der Waals surface area contributed by atoms with Gasteiger partial charge in [-0.3, -0.25) is 20.4 Å². The maximum absolute atomic E-state index is 12.5. The van der Waals surface area contributed by atoms with Crippen LogP contribution in [0.1, 0.15) is 0 Å². The SMILES string of the molecule is O=C(CSc1cc(Cl)ccc1Cl)NNC(=O)Cn1c(-c2cscn2)nc2ccccc21. The van der Waals surface area contributed by atoms with Gasteiger partial charge in [0, 0.05) is 15.3 Å². The molecule has 2 aromatic heterocycles. The van der Waals surface area contributed by atoms with Crippen LogP contribution in [-0.4, -0.2) is 32.1 Å². The Morgan fingerprint density at radius 2 is 1.90 bits per heavy atom. The molecule has 0 atom stereocenters. The number of carbonyl (C=O) groups is 2. The van der Waals surface area contributed by atoms with Crippen molar-refractivity contribution in [3.8, 4) is 11.5 Å². The first-order valence-electron chi connectivity index (χ1n) is 9.00. The predicted molar refractivity (Wildman–Crippen MR) is 124 cm³/mol. The van der Waals surface area contributed by atoms with Crippen LogP contribution in [0.4, 0.5) is 0 Å². The van der Waals surface area contributed by atoms with Gasteiger partial charge in [-0.05, 0) is 30.3 Å². The quantitative estimate of drug-likeness (QED) is 0.308. The molecule has 2 heterocycles. The number of nitrogens with one attached hydrogen (secondary N) is 2. The first-order chi connectivity index (χ1) is 15.0. The van der Waals surface area contributed by atoms with Crippen LogP contribution < -0.4 is 10.9 Å². The zero-order valence-electron chi connectivity index (χ0n) is 15.8. The van der Waals surface area contributed by atoms with Crippen molar-refractivity contribution in [3.63, 3.8) is 0 Å². The molecule has 0 radical (unpaired) electrons. The summed E-state index contributed by atoms with van der Waals surface area (Å²) in [5, 5.41) is 2.91. The molecule has 0 unspecified atom stereocenters. The van der Waals surface area contributed by atoms with Gasteiger partial charge in [0.05, 0.1) is 27.3 Å². The van der Waals surface area contributed by atoms with Crippen LogP contribution in [0.2, 0.25) is 10.0 Å². The smallest absolute Gasteiger partial charge is 0.258 e. The molecule has 2 N–H and O–H groups in total. The number of carbonyl (C=O) groups excluding carboxylic acids is 2. The third kappa shape index (κ3) is 5.19. The second-order valence-corrected chi connectivity index (χ2v) is 8.92. The lowest BCUT2D eigenvalue weighted by molar-refractivity contribution is -0.127. The maximum atomic E-state index is 12.5. The summed E-state index contributed by atoms with van der Waals surface area (Å²) in [6.45, 7) is -0.0269. The highest BCUT2D eigenvalue weighted by Crippen LogP contribution is 2.29. The average molecular weight is 492 g/mol. The Kier molecular flexibility index (Phi) is 6.77. The fourth-order valence-corrected chi connectivity index (χ4v) is 4.67. The molecular formula is C20H15Cl2N5O2S2. The van der Waals surface area contributed by atoms with Gasteiger partial charge in [0.2, 0.25) is 5.91 Å². The molecule has 4 rings (SSSR count). The number of thioether (sulfide) groups is 1. The van der Waals surface area contributed by atoms with E-state index in [-0.39, 0.29) is 18.2 Å². The number of imidazole rings is 1. The number of thiazole rings is 1. The standard InChI is InChI=1S/C20H15Cl2N5O2S2/c21-12-5-6-13(22)17(7-12)31-10-19(29)26-25-18(28)8-27-16-4-2-1-3-14(16)24-20(27)15-9-30-11-23-15/h1-7,9,11H,8,10H2,(H,25,28)(H,26,29). The number of halogens is 2. The number of aromatic nitrogens is 3. The number of rotatable bonds is 6. The number of benzene rings is 2. The Hall–Kier alpha value is -2.59. The van der Waals surface area contributed by atoms with Crippen LogP contribution in [-0.2, 0) is 16.1 Å². The summed E-state index contributed by atoms with van der Waals surface area (Å²) >= 11 is 14.7. The van der Waals surface area contributed by atoms with Gasteiger partial charge in [-0.25, -0.2) is 9.97 Å². The average Bonchev–Trinajstić information content (AvgIpc) is 3.41. The van der Waals surface area contributed by atoms with Crippen molar-refractivity contribution in [2.45, 2.75) is 11.4 Å². The summed E-state index contributed by atoms with van der Waals surface area (Å²) in [7, 11) is 0. The summed E-state index contributed by atoms with van der Waals surface area (Å²) < 4.78 is 1.77. The number of amides is 2. The van der Waals surface area contributed by atoms with Crippen molar-refractivity contribution in [1.29, 1.82) is 0 Å². The fourth-order valence-electron chi connectivity index (χ4n) is 2.84. The van der Waals surface area contributed by atoms with E-state index in [9.17, 15) is 9.59 Å². The van der Waals surface area contributed by atoms with Crippen LogP contribution in [0, 0.1) is 0 Å². The molecule has 0 saturated heterocycles. The summed E-state index contributed by atoms with van der Waals surface area (Å²) in [5.74, 6) is -0.100. The van der Waals surface area contributed by atoms with E-state index in [1.54, 1.807) is 28.3 Å². The lowest BCUT2D eigenvalue weighted by Crippen LogP contribution is -2.44. The van der Waals surface area contributed by atoms with Crippen LogP contribution in [0.15, 0.2) is 58.3 Å². The topological polar surface area (TPSA) is 88.9 Å². The third-order valence-electron chi connectivity index (χ3n) is 4.21. The van der Waals surface area contributed by atoms with Crippen molar-refractivity contribution in [3.05, 3.63) is 63.4 Å². The summed E-state index contributed by atoms with van der Waals surface area (Å²) in [6.07, 6.45) is 0. The molecule has 31 heavy (non-hydrogen) atoms. The molecular weight excluding hydrogens is 477 g/mol. The Bertz CT molecular complexity index is 1240. The van der Waals surface area contributed by atoms with E-state index in [0.717, 1.165) is 11.0 Å². The van der Waals surface area contributed by atoms with Gasteiger partial charge in [-0.2, -0.15) is 0 Å². The molecule has 0 fully saturated rings. The van der Waals surface area contributed by atoms with Gasteiger partial charge in [0.25, 0.3) is 5.91 Å². The zero-order valence-corrected chi connectivity index (χ0v) is 19.0. The highest BCUT2D eigenvalue weighted by molar-refractivity contribution is 8.00. The lowest BCUT2D eigenvalue weighted by atomic mass is 10.3. The molecule has 0 spiro atoms. The van der Waals surface area contributed by atoms with Crippen LogP contribution in [0.25, 0.3) is 22.6 Å². The van der Waals surface area contributed by atoms with E-state index in [4.69, 9.17) is 23.2 Å². The minimum Gasteiger partial charge on any atom is -0.313 e. The number of fused-ring (bicyclic) bond motifs is 1. The van der Waals surface area contributed by atoms with Crippen molar-refractivity contribution in [2.75, 3.05) is 5.75 Å². The van der Waals surface area contributed by atoms with Crippen molar-refractivity contribution >= 4 is 69.1 Å². The monoisotopic (exact) mass is 491 g/mol. The maximum Gasteiger partial charge on any atom is 0.258 e. The minimum atomic E-state index is -0.390. The second-order valence-electron chi connectivity index (χ2n) is 6.34. The molecule has 0 aliphatic carbocycles. The number of nitrogens with zero attached hydrogens (tertiary/aromatic N) is 3. The first-order valence-corrected chi connectivity index (χ1v) is 11.7. The van der Waals surface area contributed by atoms with Crippen molar-refractivity contribution in [2.24, 2.45) is 0 Å². The highest BCUT2D eigenvalue weighted by Gasteiger charge is 2.17. The zero-order chi connectivity index (χ0) is 21.8. The Morgan fingerprint density at radius 1 is 1.10 bits per heavy atom. The van der Waals surface area contributed by atoms with Crippen LogP contribution in [0.5, 0.6) is 0 Å². The van der Waals surface area contributed by atoms with E-state index in [2.05, 4.69) is 20.8 Å². The highest BCUT2D eigenvalue weighted by atomic mass is 35.5. The van der Waals surface area contributed by atoms with Gasteiger partial charge in [0.1, 0.15) is 12.2 Å². The van der Waals surface area contributed by atoms with Crippen molar-refractivity contribution < 1.29 is 9.59 Å². The van der Waals surface area contributed by atoms with E-state index >= 15 is 0 Å². The Balaban J connectivity index is 1.39. The van der Waals surface area contributed by atoms with Crippen LogP contribution >= 0.6 is 46.3 Å². The molecule has 158 valence electrons. The van der Waals surface area contributed by atoms with Gasteiger partial charge in [-0.15, -0.1) is 23.1 Å². The molecule has 7 nitrogen and oxygen atoms in total. The normalized spacial score (nSPS) is 10.9. The Labute approximate surface area is 195 Å².